The van der Waals surface area contributed by atoms with Crippen molar-refractivity contribution in [3.8, 4) is 11.5 Å². The molecule has 3 fully saturated rings. The molecule has 24 heavy (non-hydrogen) atoms. The minimum atomic E-state index is -0.0247. The lowest BCUT2D eigenvalue weighted by Crippen LogP contribution is -2.43. The van der Waals surface area contributed by atoms with Gasteiger partial charge < -0.3 is 9.47 Å². The van der Waals surface area contributed by atoms with Gasteiger partial charge in [-0.25, -0.2) is 0 Å². The first-order valence-electron chi connectivity index (χ1n) is 9.18. The van der Waals surface area contributed by atoms with Crippen LogP contribution < -0.4 is 9.47 Å². The second-order valence-corrected chi connectivity index (χ2v) is 7.89. The van der Waals surface area contributed by atoms with Crippen LogP contribution >= 0.6 is 11.6 Å². The van der Waals surface area contributed by atoms with Crippen LogP contribution in [0.25, 0.3) is 0 Å². The average Bonchev–Trinajstić information content (AvgIpc) is 3.18. The Balaban J connectivity index is 1.55. The topological polar surface area (TPSA) is 24.9 Å². The summed E-state index contributed by atoms with van der Waals surface area (Å²) in [5, 5.41) is 0.762. The number of hydrogen-bond acceptors (Lipinski definition) is 4. The number of fused-ring (bicyclic) bond motifs is 2. The van der Waals surface area contributed by atoms with Crippen molar-refractivity contribution < 1.29 is 9.47 Å². The standard InChI is InChI=1S/C19H27ClN2O2/c1-23-18-12-15(24-19-5-4-9-22(14-19)10-6-19)11-17(20)16(18)13-21-7-2-3-8-21/h11-12H,2-10,13-14H2,1H3/t19-/m0/s1. The minimum Gasteiger partial charge on any atom is -0.496 e. The Morgan fingerprint density at radius 1 is 1.08 bits per heavy atom. The normalized spacial score (nSPS) is 29.8. The van der Waals surface area contributed by atoms with Crippen molar-refractivity contribution in [2.45, 2.75) is 44.2 Å². The van der Waals surface area contributed by atoms with E-state index in [1.165, 1.54) is 25.8 Å². The molecule has 0 saturated carbocycles. The van der Waals surface area contributed by atoms with E-state index in [-0.39, 0.29) is 5.60 Å². The van der Waals surface area contributed by atoms with Gasteiger partial charge >= 0.3 is 0 Å². The monoisotopic (exact) mass is 350 g/mol. The van der Waals surface area contributed by atoms with E-state index in [9.17, 15) is 0 Å². The number of benzene rings is 1. The SMILES string of the molecule is COc1cc(O[C@@]23CCCN(CC2)C3)cc(Cl)c1CN1CCCC1. The van der Waals surface area contributed by atoms with Gasteiger partial charge in [0.1, 0.15) is 17.1 Å². The van der Waals surface area contributed by atoms with Gasteiger partial charge in [0.25, 0.3) is 0 Å². The summed E-state index contributed by atoms with van der Waals surface area (Å²) in [6, 6.07) is 4.02. The summed E-state index contributed by atoms with van der Waals surface area (Å²) in [6.07, 6.45) is 6.03. The van der Waals surface area contributed by atoms with Crippen LogP contribution in [-0.4, -0.2) is 55.2 Å². The maximum atomic E-state index is 6.61. The van der Waals surface area contributed by atoms with Crippen LogP contribution in [0.2, 0.25) is 5.02 Å². The van der Waals surface area contributed by atoms with E-state index in [1.54, 1.807) is 7.11 Å². The smallest absolute Gasteiger partial charge is 0.128 e. The highest BCUT2D eigenvalue weighted by Gasteiger charge is 2.43. The van der Waals surface area contributed by atoms with Gasteiger partial charge in [0.05, 0.1) is 12.1 Å². The van der Waals surface area contributed by atoms with Crippen molar-refractivity contribution in [1.29, 1.82) is 0 Å². The molecule has 5 heteroatoms. The zero-order chi connectivity index (χ0) is 16.6. The van der Waals surface area contributed by atoms with Gasteiger partial charge in [0, 0.05) is 37.7 Å². The number of likely N-dealkylation sites (tertiary alicyclic amines) is 1. The first-order chi connectivity index (χ1) is 11.7. The highest BCUT2D eigenvalue weighted by molar-refractivity contribution is 6.31. The Morgan fingerprint density at radius 3 is 2.71 bits per heavy atom. The Morgan fingerprint density at radius 2 is 1.92 bits per heavy atom. The molecule has 0 radical (unpaired) electrons. The number of piperidine rings is 1. The van der Waals surface area contributed by atoms with Gasteiger partial charge in [0.15, 0.2) is 0 Å². The summed E-state index contributed by atoms with van der Waals surface area (Å²) in [5.41, 5.74) is 1.06. The largest absolute Gasteiger partial charge is 0.496 e. The predicted molar refractivity (Wildman–Crippen MR) is 96.2 cm³/mol. The van der Waals surface area contributed by atoms with Crippen LogP contribution in [0.3, 0.4) is 0 Å². The van der Waals surface area contributed by atoms with E-state index < -0.39 is 0 Å². The number of ether oxygens (including phenoxy) is 2. The van der Waals surface area contributed by atoms with E-state index >= 15 is 0 Å². The lowest BCUT2D eigenvalue weighted by atomic mass is 9.94. The van der Waals surface area contributed by atoms with Crippen LogP contribution in [0.15, 0.2) is 12.1 Å². The average molecular weight is 351 g/mol. The molecule has 2 bridgehead atoms. The lowest BCUT2D eigenvalue weighted by molar-refractivity contribution is 0.0451. The molecule has 0 amide bonds. The van der Waals surface area contributed by atoms with Crippen molar-refractivity contribution in [1.82, 2.24) is 9.80 Å². The summed E-state index contributed by atoms with van der Waals surface area (Å²) in [5.74, 6) is 1.71. The fraction of sp³-hybridized carbons (Fsp3) is 0.684. The molecule has 1 aromatic carbocycles. The summed E-state index contributed by atoms with van der Waals surface area (Å²) in [7, 11) is 1.72. The molecule has 0 aromatic heterocycles. The molecule has 4 nitrogen and oxygen atoms in total. The first-order valence-corrected chi connectivity index (χ1v) is 9.55. The van der Waals surface area contributed by atoms with Crippen molar-refractivity contribution in [3.63, 3.8) is 0 Å². The van der Waals surface area contributed by atoms with Gasteiger partial charge in [-0.05, 0) is 51.4 Å². The highest BCUT2D eigenvalue weighted by atomic mass is 35.5. The number of rotatable bonds is 5. The molecule has 0 N–H and O–H groups in total. The molecule has 3 heterocycles. The summed E-state index contributed by atoms with van der Waals surface area (Å²) in [6.45, 7) is 6.57. The molecule has 3 saturated heterocycles. The Bertz CT molecular complexity index is 599. The molecule has 4 rings (SSSR count). The lowest BCUT2D eigenvalue weighted by Gasteiger charge is -2.34. The summed E-state index contributed by atoms with van der Waals surface area (Å²) < 4.78 is 12.1. The first kappa shape index (κ1) is 16.5. The van der Waals surface area contributed by atoms with Gasteiger partial charge in [-0.3, -0.25) is 9.80 Å². The molecule has 0 spiro atoms. The van der Waals surface area contributed by atoms with Crippen LogP contribution in [0, 0.1) is 0 Å². The summed E-state index contributed by atoms with van der Waals surface area (Å²) >= 11 is 6.61. The van der Waals surface area contributed by atoms with E-state index in [0.717, 1.165) is 67.7 Å². The second kappa shape index (κ2) is 6.74. The third kappa shape index (κ3) is 3.24. The van der Waals surface area contributed by atoms with Crippen LogP contribution in [-0.2, 0) is 6.54 Å². The van der Waals surface area contributed by atoms with Gasteiger partial charge in [-0.15, -0.1) is 0 Å². The molecule has 132 valence electrons. The number of halogens is 1. The maximum absolute atomic E-state index is 6.61. The van der Waals surface area contributed by atoms with Gasteiger partial charge in [-0.1, -0.05) is 11.6 Å². The van der Waals surface area contributed by atoms with E-state index in [0.29, 0.717) is 0 Å². The zero-order valence-corrected chi connectivity index (χ0v) is 15.3. The predicted octanol–water partition coefficient (Wildman–Crippen LogP) is 3.56. The van der Waals surface area contributed by atoms with Crippen molar-refractivity contribution >= 4 is 11.6 Å². The van der Waals surface area contributed by atoms with Crippen molar-refractivity contribution in [2.75, 3.05) is 39.8 Å². The van der Waals surface area contributed by atoms with E-state index in [1.807, 2.05) is 12.1 Å². The fourth-order valence-corrected chi connectivity index (χ4v) is 4.74. The van der Waals surface area contributed by atoms with Gasteiger partial charge in [-0.2, -0.15) is 0 Å². The van der Waals surface area contributed by atoms with Crippen molar-refractivity contribution in [3.05, 3.63) is 22.7 Å². The van der Waals surface area contributed by atoms with Crippen LogP contribution in [0.1, 0.15) is 37.7 Å². The molecular formula is C19H27ClN2O2. The van der Waals surface area contributed by atoms with Gasteiger partial charge in [0.2, 0.25) is 0 Å². The van der Waals surface area contributed by atoms with Crippen LogP contribution in [0.4, 0.5) is 0 Å². The Labute approximate surface area is 149 Å². The molecule has 3 aliphatic rings. The Hall–Kier alpha value is -0.970. The minimum absolute atomic E-state index is 0.0247. The second-order valence-electron chi connectivity index (χ2n) is 7.48. The molecule has 2 atom stereocenters. The molecule has 1 unspecified atom stereocenters. The number of nitrogens with zero attached hydrogens (tertiary/aromatic N) is 2. The fourth-order valence-electron chi connectivity index (χ4n) is 4.48. The molecule has 1 aromatic rings. The zero-order valence-electron chi connectivity index (χ0n) is 14.5. The number of hydrogen-bond donors (Lipinski definition) is 0. The molecule has 3 aliphatic heterocycles. The maximum Gasteiger partial charge on any atom is 0.128 e. The highest BCUT2D eigenvalue weighted by Crippen LogP contribution is 2.39. The Kier molecular flexibility index (Phi) is 4.63. The van der Waals surface area contributed by atoms with Crippen molar-refractivity contribution in [2.24, 2.45) is 0 Å². The van der Waals surface area contributed by atoms with E-state index in [4.69, 9.17) is 21.1 Å². The quantitative estimate of drug-likeness (QED) is 0.810. The molecule has 0 aliphatic carbocycles. The summed E-state index contributed by atoms with van der Waals surface area (Å²) in [4.78, 5) is 4.95. The number of methoxy groups -OCH3 is 1. The van der Waals surface area contributed by atoms with Crippen LogP contribution in [0.5, 0.6) is 11.5 Å². The third-order valence-corrected chi connectivity index (χ3v) is 6.10. The van der Waals surface area contributed by atoms with E-state index in [2.05, 4.69) is 9.80 Å². The molecular weight excluding hydrogens is 324 g/mol. The third-order valence-electron chi connectivity index (χ3n) is 5.76.